The Hall–Kier alpha value is -2.34. The number of halogens is 1. The molecular formula is C20H25ClN4O2. The third-order valence-electron chi connectivity index (χ3n) is 4.73. The number of carbonyl (C=O) groups excluding carboxylic acids is 2. The third-order valence-corrected chi connectivity index (χ3v) is 4.98. The van der Waals surface area contributed by atoms with Crippen LogP contribution in [0.15, 0.2) is 36.7 Å². The van der Waals surface area contributed by atoms with E-state index in [9.17, 15) is 9.59 Å². The minimum atomic E-state index is -0.0566. The lowest BCUT2D eigenvalue weighted by atomic mass is 10.1. The molecule has 7 heteroatoms. The van der Waals surface area contributed by atoms with Crippen LogP contribution in [0.2, 0.25) is 5.02 Å². The molecule has 0 aliphatic heterocycles. The van der Waals surface area contributed by atoms with Crippen LogP contribution in [-0.2, 0) is 22.6 Å². The summed E-state index contributed by atoms with van der Waals surface area (Å²) in [5.41, 5.74) is 1.77. The maximum absolute atomic E-state index is 12.1. The van der Waals surface area contributed by atoms with E-state index in [2.05, 4.69) is 15.7 Å². The molecule has 6 nitrogen and oxygen atoms in total. The highest BCUT2D eigenvalue weighted by Crippen LogP contribution is 2.17. The van der Waals surface area contributed by atoms with Crippen molar-refractivity contribution < 1.29 is 9.59 Å². The second-order valence-corrected chi connectivity index (χ2v) is 7.44. The molecule has 2 aromatic rings. The van der Waals surface area contributed by atoms with E-state index in [1.165, 1.54) is 12.8 Å². The van der Waals surface area contributed by atoms with Crippen molar-refractivity contribution in [3.63, 3.8) is 0 Å². The van der Waals surface area contributed by atoms with Gasteiger partial charge in [0.25, 0.3) is 0 Å². The van der Waals surface area contributed by atoms with Crippen molar-refractivity contribution in [2.75, 3.05) is 5.32 Å². The average Bonchev–Trinajstić information content (AvgIpc) is 3.29. The number of hydrogen-bond donors (Lipinski definition) is 2. The number of benzene rings is 1. The van der Waals surface area contributed by atoms with Crippen molar-refractivity contribution in [1.82, 2.24) is 15.1 Å². The van der Waals surface area contributed by atoms with Gasteiger partial charge in [0.2, 0.25) is 11.8 Å². The van der Waals surface area contributed by atoms with Gasteiger partial charge in [-0.2, -0.15) is 5.10 Å². The van der Waals surface area contributed by atoms with Crippen LogP contribution < -0.4 is 10.6 Å². The van der Waals surface area contributed by atoms with Crippen LogP contribution in [0.25, 0.3) is 0 Å². The molecule has 0 saturated heterocycles. The summed E-state index contributed by atoms with van der Waals surface area (Å²) in [7, 11) is 0. The van der Waals surface area contributed by atoms with Gasteiger partial charge in [0, 0.05) is 23.7 Å². The summed E-state index contributed by atoms with van der Waals surface area (Å²) in [4.78, 5) is 24.1. The molecular weight excluding hydrogens is 364 g/mol. The van der Waals surface area contributed by atoms with Gasteiger partial charge in [0.1, 0.15) is 6.54 Å². The fourth-order valence-electron chi connectivity index (χ4n) is 3.33. The molecule has 1 aliphatic carbocycles. The molecule has 0 radical (unpaired) electrons. The Morgan fingerprint density at radius 2 is 1.89 bits per heavy atom. The van der Waals surface area contributed by atoms with Gasteiger partial charge in [-0.05, 0) is 43.4 Å². The first-order chi connectivity index (χ1) is 13.1. The van der Waals surface area contributed by atoms with Crippen molar-refractivity contribution in [2.24, 2.45) is 0 Å². The number of nitrogens with one attached hydrogen (secondary N) is 2. The standard InChI is InChI=1S/C20H25ClN4O2/c21-16-10-8-15(9-11-16)4-3-7-19(26)24-18-12-22-25(13-18)14-20(27)23-17-5-1-2-6-17/h8-13,17H,1-7,14H2,(H,23,27)(H,24,26). The van der Waals surface area contributed by atoms with Gasteiger partial charge in [0.15, 0.2) is 0 Å². The molecule has 0 spiro atoms. The molecule has 0 atom stereocenters. The zero-order valence-corrected chi connectivity index (χ0v) is 16.0. The van der Waals surface area contributed by atoms with Gasteiger partial charge >= 0.3 is 0 Å². The lowest BCUT2D eigenvalue weighted by Crippen LogP contribution is -2.35. The molecule has 0 unspecified atom stereocenters. The predicted molar refractivity (Wildman–Crippen MR) is 106 cm³/mol. The molecule has 1 fully saturated rings. The summed E-state index contributed by atoms with van der Waals surface area (Å²) in [6.45, 7) is 0.170. The number of aromatic nitrogens is 2. The third kappa shape index (κ3) is 6.40. The second kappa shape index (κ2) is 9.55. The summed E-state index contributed by atoms with van der Waals surface area (Å²) >= 11 is 5.87. The Morgan fingerprint density at radius 3 is 2.63 bits per heavy atom. The summed E-state index contributed by atoms with van der Waals surface area (Å²) in [5, 5.41) is 10.7. The SMILES string of the molecule is O=C(CCCc1ccc(Cl)cc1)Nc1cnn(CC(=O)NC2CCCC2)c1. The molecule has 144 valence electrons. The minimum absolute atomic E-state index is 0.0363. The van der Waals surface area contributed by atoms with Crippen molar-refractivity contribution in [2.45, 2.75) is 57.5 Å². The van der Waals surface area contributed by atoms with Gasteiger partial charge < -0.3 is 10.6 Å². The number of nitrogens with zero attached hydrogens (tertiary/aromatic N) is 2. The normalized spacial score (nSPS) is 14.3. The van der Waals surface area contributed by atoms with Gasteiger partial charge in [0.05, 0.1) is 11.9 Å². The number of anilines is 1. The number of hydrogen-bond acceptors (Lipinski definition) is 3. The Bertz CT molecular complexity index is 767. The van der Waals surface area contributed by atoms with Crippen LogP contribution in [-0.4, -0.2) is 27.6 Å². The van der Waals surface area contributed by atoms with Crippen LogP contribution in [0, 0.1) is 0 Å². The zero-order chi connectivity index (χ0) is 19.1. The molecule has 2 N–H and O–H groups in total. The molecule has 1 saturated carbocycles. The largest absolute Gasteiger partial charge is 0.352 e. The van der Waals surface area contributed by atoms with E-state index in [-0.39, 0.29) is 18.4 Å². The molecule has 1 aromatic carbocycles. The highest BCUT2D eigenvalue weighted by Gasteiger charge is 2.17. The van der Waals surface area contributed by atoms with Gasteiger partial charge in [-0.25, -0.2) is 0 Å². The smallest absolute Gasteiger partial charge is 0.241 e. The molecule has 27 heavy (non-hydrogen) atoms. The van der Waals surface area contributed by atoms with E-state index in [4.69, 9.17) is 11.6 Å². The van der Waals surface area contributed by atoms with Gasteiger partial charge in [-0.15, -0.1) is 0 Å². The Labute approximate surface area is 164 Å². The van der Waals surface area contributed by atoms with E-state index < -0.39 is 0 Å². The van der Waals surface area contributed by atoms with Crippen molar-refractivity contribution in [1.29, 1.82) is 0 Å². The highest BCUT2D eigenvalue weighted by molar-refractivity contribution is 6.30. The molecule has 1 aromatic heterocycles. The Kier molecular flexibility index (Phi) is 6.87. The van der Waals surface area contributed by atoms with Crippen molar-refractivity contribution in [3.05, 3.63) is 47.2 Å². The first-order valence-electron chi connectivity index (χ1n) is 9.44. The van der Waals surface area contributed by atoms with E-state index in [1.54, 1.807) is 17.1 Å². The lowest BCUT2D eigenvalue weighted by Gasteiger charge is -2.11. The van der Waals surface area contributed by atoms with Crippen LogP contribution in [0.5, 0.6) is 0 Å². The quantitative estimate of drug-likeness (QED) is 0.726. The van der Waals surface area contributed by atoms with E-state index >= 15 is 0 Å². The van der Waals surface area contributed by atoms with Crippen LogP contribution in [0.3, 0.4) is 0 Å². The Balaban J connectivity index is 1.38. The number of amides is 2. The summed E-state index contributed by atoms with van der Waals surface area (Å²) in [5.74, 6) is -0.0928. The van der Waals surface area contributed by atoms with Gasteiger partial charge in [-0.3, -0.25) is 14.3 Å². The van der Waals surface area contributed by atoms with E-state index in [0.29, 0.717) is 23.2 Å². The average molecular weight is 389 g/mol. The minimum Gasteiger partial charge on any atom is -0.352 e. The van der Waals surface area contributed by atoms with Crippen LogP contribution >= 0.6 is 11.6 Å². The predicted octanol–water partition coefficient (Wildman–Crippen LogP) is 3.56. The first kappa shape index (κ1) is 19.4. The summed E-state index contributed by atoms with van der Waals surface area (Å²) in [6.07, 6.45) is 9.74. The first-order valence-corrected chi connectivity index (χ1v) is 9.82. The lowest BCUT2D eigenvalue weighted by molar-refractivity contribution is -0.122. The topological polar surface area (TPSA) is 76.0 Å². The zero-order valence-electron chi connectivity index (χ0n) is 15.3. The maximum atomic E-state index is 12.1. The molecule has 3 rings (SSSR count). The maximum Gasteiger partial charge on any atom is 0.241 e. The van der Waals surface area contributed by atoms with E-state index in [1.807, 2.05) is 24.3 Å². The molecule has 0 bridgehead atoms. The summed E-state index contributed by atoms with van der Waals surface area (Å²) < 4.78 is 1.55. The number of aryl methyl sites for hydroxylation is 1. The number of rotatable bonds is 8. The fraction of sp³-hybridized carbons (Fsp3) is 0.450. The van der Waals surface area contributed by atoms with E-state index in [0.717, 1.165) is 31.2 Å². The Morgan fingerprint density at radius 1 is 1.15 bits per heavy atom. The van der Waals surface area contributed by atoms with Crippen molar-refractivity contribution >= 4 is 29.1 Å². The van der Waals surface area contributed by atoms with Crippen LogP contribution in [0.1, 0.15) is 44.1 Å². The second-order valence-electron chi connectivity index (χ2n) is 7.00. The van der Waals surface area contributed by atoms with Crippen molar-refractivity contribution in [3.8, 4) is 0 Å². The highest BCUT2D eigenvalue weighted by atomic mass is 35.5. The fourth-order valence-corrected chi connectivity index (χ4v) is 3.46. The van der Waals surface area contributed by atoms with Gasteiger partial charge in [-0.1, -0.05) is 36.6 Å². The number of carbonyl (C=O) groups is 2. The van der Waals surface area contributed by atoms with Crippen LogP contribution in [0.4, 0.5) is 5.69 Å². The monoisotopic (exact) mass is 388 g/mol. The molecule has 2 amide bonds. The molecule has 1 aliphatic rings. The summed E-state index contributed by atoms with van der Waals surface area (Å²) in [6, 6.07) is 7.96. The molecule has 1 heterocycles.